The summed E-state index contributed by atoms with van der Waals surface area (Å²) in [5.74, 6) is 0.916. The molecule has 136 valence electrons. The maximum Gasteiger partial charge on any atom is 0.190 e. The SMILES string of the molecule is CCC1(CNC(=NC)NCCCOCC2CCCO2)CCC1.I. The predicted molar refractivity (Wildman–Crippen MR) is 106 cm³/mol. The van der Waals surface area contributed by atoms with Gasteiger partial charge in [0.25, 0.3) is 0 Å². The Kier molecular flexibility index (Phi) is 10.5. The van der Waals surface area contributed by atoms with Crippen LogP contribution >= 0.6 is 24.0 Å². The molecule has 0 aromatic carbocycles. The van der Waals surface area contributed by atoms with E-state index < -0.39 is 0 Å². The minimum Gasteiger partial charge on any atom is -0.379 e. The quantitative estimate of drug-likeness (QED) is 0.251. The van der Waals surface area contributed by atoms with Crippen LogP contribution in [0.3, 0.4) is 0 Å². The smallest absolute Gasteiger partial charge is 0.190 e. The molecule has 0 amide bonds. The maximum atomic E-state index is 5.67. The summed E-state index contributed by atoms with van der Waals surface area (Å²) in [6.45, 7) is 6.65. The van der Waals surface area contributed by atoms with Crippen LogP contribution in [0.25, 0.3) is 0 Å². The molecule has 5 nitrogen and oxygen atoms in total. The van der Waals surface area contributed by atoms with E-state index in [1.54, 1.807) is 0 Å². The Bertz CT molecular complexity index is 337. The van der Waals surface area contributed by atoms with Crippen molar-refractivity contribution in [3.8, 4) is 0 Å². The van der Waals surface area contributed by atoms with Crippen molar-refractivity contribution < 1.29 is 9.47 Å². The lowest BCUT2D eigenvalue weighted by Crippen LogP contribution is -2.46. The van der Waals surface area contributed by atoms with Gasteiger partial charge in [-0.1, -0.05) is 13.3 Å². The van der Waals surface area contributed by atoms with Crippen molar-refractivity contribution in [2.75, 3.05) is 40.0 Å². The fraction of sp³-hybridized carbons (Fsp3) is 0.941. The minimum atomic E-state index is 0. The molecule has 2 aliphatic rings. The van der Waals surface area contributed by atoms with Gasteiger partial charge in [0.05, 0.1) is 12.7 Å². The van der Waals surface area contributed by atoms with E-state index in [0.717, 1.165) is 51.7 Å². The summed E-state index contributed by atoms with van der Waals surface area (Å²) in [7, 11) is 1.84. The normalized spacial score (nSPS) is 23.0. The zero-order valence-electron chi connectivity index (χ0n) is 14.7. The van der Waals surface area contributed by atoms with Crippen molar-refractivity contribution in [3.63, 3.8) is 0 Å². The van der Waals surface area contributed by atoms with Gasteiger partial charge in [0.1, 0.15) is 0 Å². The van der Waals surface area contributed by atoms with Crippen LogP contribution in [-0.4, -0.2) is 52.0 Å². The highest BCUT2D eigenvalue weighted by Gasteiger charge is 2.34. The lowest BCUT2D eigenvalue weighted by atomic mass is 9.67. The molecular weight excluding hydrogens is 405 g/mol. The molecule has 1 heterocycles. The molecule has 1 unspecified atom stereocenters. The summed E-state index contributed by atoms with van der Waals surface area (Å²) < 4.78 is 11.2. The topological polar surface area (TPSA) is 54.9 Å². The first kappa shape index (κ1) is 21.0. The second-order valence-electron chi connectivity index (χ2n) is 6.62. The number of guanidine groups is 1. The molecule has 1 aliphatic carbocycles. The number of aliphatic imine (C=N–C) groups is 1. The molecule has 2 N–H and O–H groups in total. The molecule has 0 bridgehead atoms. The van der Waals surface area contributed by atoms with Crippen LogP contribution in [0.5, 0.6) is 0 Å². The zero-order valence-corrected chi connectivity index (χ0v) is 17.1. The Labute approximate surface area is 158 Å². The molecule has 0 aromatic rings. The first-order valence-corrected chi connectivity index (χ1v) is 8.92. The van der Waals surface area contributed by atoms with Crippen molar-refractivity contribution in [1.29, 1.82) is 0 Å². The number of hydrogen-bond donors (Lipinski definition) is 2. The molecule has 1 aliphatic heterocycles. The highest BCUT2D eigenvalue weighted by Crippen LogP contribution is 2.42. The summed E-state index contributed by atoms with van der Waals surface area (Å²) in [6.07, 6.45) is 8.99. The summed E-state index contributed by atoms with van der Waals surface area (Å²) >= 11 is 0. The Hall–Kier alpha value is -0.0800. The van der Waals surface area contributed by atoms with Crippen LogP contribution < -0.4 is 10.6 Å². The van der Waals surface area contributed by atoms with Crippen molar-refractivity contribution in [1.82, 2.24) is 10.6 Å². The van der Waals surface area contributed by atoms with Gasteiger partial charge in [0, 0.05) is 33.4 Å². The van der Waals surface area contributed by atoms with Crippen LogP contribution in [0.15, 0.2) is 4.99 Å². The third kappa shape index (κ3) is 7.13. The van der Waals surface area contributed by atoms with Gasteiger partial charge in [-0.05, 0) is 43.9 Å². The second-order valence-corrected chi connectivity index (χ2v) is 6.62. The van der Waals surface area contributed by atoms with Gasteiger partial charge in [-0.25, -0.2) is 0 Å². The number of nitrogens with zero attached hydrogens (tertiary/aromatic N) is 1. The van der Waals surface area contributed by atoms with Gasteiger partial charge < -0.3 is 20.1 Å². The van der Waals surface area contributed by atoms with E-state index in [1.807, 2.05) is 7.05 Å². The zero-order chi connectivity index (χ0) is 15.7. The standard InChI is InChI=1S/C17H33N3O2.HI/c1-3-17(8-5-9-17)14-20-16(18-2)19-10-6-11-21-13-15-7-4-12-22-15;/h15H,3-14H2,1-2H3,(H2,18,19,20);1H. The molecule has 2 rings (SSSR count). The van der Waals surface area contributed by atoms with Gasteiger partial charge in [0.15, 0.2) is 5.96 Å². The van der Waals surface area contributed by atoms with Crippen LogP contribution in [-0.2, 0) is 9.47 Å². The van der Waals surface area contributed by atoms with Crippen molar-refractivity contribution in [2.45, 2.75) is 58.0 Å². The third-order valence-corrected chi connectivity index (χ3v) is 5.10. The molecule has 23 heavy (non-hydrogen) atoms. The van der Waals surface area contributed by atoms with E-state index in [4.69, 9.17) is 9.47 Å². The Morgan fingerprint density at radius 3 is 2.70 bits per heavy atom. The summed E-state index contributed by atoms with van der Waals surface area (Å²) in [5, 5.41) is 6.85. The number of nitrogens with one attached hydrogen (secondary N) is 2. The van der Waals surface area contributed by atoms with E-state index in [1.165, 1.54) is 32.1 Å². The number of hydrogen-bond acceptors (Lipinski definition) is 3. The summed E-state index contributed by atoms with van der Waals surface area (Å²) in [4.78, 5) is 4.30. The molecule has 1 saturated heterocycles. The first-order valence-electron chi connectivity index (χ1n) is 8.92. The van der Waals surface area contributed by atoms with Gasteiger partial charge in [-0.3, -0.25) is 4.99 Å². The van der Waals surface area contributed by atoms with E-state index in [9.17, 15) is 0 Å². The lowest BCUT2D eigenvalue weighted by Gasteiger charge is -2.41. The van der Waals surface area contributed by atoms with Crippen molar-refractivity contribution in [3.05, 3.63) is 0 Å². The van der Waals surface area contributed by atoms with Gasteiger partial charge in [0.2, 0.25) is 0 Å². The Balaban J connectivity index is 0.00000264. The first-order chi connectivity index (χ1) is 10.8. The number of rotatable bonds is 9. The highest BCUT2D eigenvalue weighted by molar-refractivity contribution is 14.0. The lowest BCUT2D eigenvalue weighted by molar-refractivity contribution is 0.0168. The van der Waals surface area contributed by atoms with E-state index in [-0.39, 0.29) is 24.0 Å². The average Bonchev–Trinajstić information content (AvgIpc) is 3.01. The van der Waals surface area contributed by atoms with Gasteiger partial charge in [-0.2, -0.15) is 0 Å². The van der Waals surface area contributed by atoms with Crippen LogP contribution in [0.1, 0.15) is 51.9 Å². The largest absolute Gasteiger partial charge is 0.379 e. The van der Waals surface area contributed by atoms with Crippen molar-refractivity contribution >= 4 is 29.9 Å². The molecule has 2 fully saturated rings. The van der Waals surface area contributed by atoms with Crippen LogP contribution in [0.4, 0.5) is 0 Å². The van der Waals surface area contributed by atoms with E-state index >= 15 is 0 Å². The average molecular weight is 439 g/mol. The molecule has 0 aromatic heterocycles. The van der Waals surface area contributed by atoms with E-state index in [0.29, 0.717) is 11.5 Å². The fourth-order valence-corrected chi connectivity index (χ4v) is 3.20. The maximum absolute atomic E-state index is 5.67. The fourth-order valence-electron chi connectivity index (χ4n) is 3.20. The number of ether oxygens (including phenoxy) is 2. The number of halogens is 1. The molecular formula is C17H34IN3O2. The molecule has 1 saturated carbocycles. The highest BCUT2D eigenvalue weighted by atomic mass is 127. The summed E-state index contributed by atoms with van der Waals surface area (Å²) in [5.41, 5.74) is 0.516. The van der Waals surface area contributed by atoms with Crippen LogP contribution in [0.2, 0.25) is 0 Å². The predicted octanol–water partition coefficient (Wildman–Crippen LogP) is 2.94. The Morgan fingerprint density at radius 2 is 2.13 bits per heavy atom. The third-order valence-electron chi connectivity index (χ3n) is 5.10. The molecule has 1 atom stereocenters. The molecule has 0 radical (unpaired) electrons. The molecule has 6 heteroatoms. The summed E-state index contributed by atoms with van der Waals surface area (Å²) in [6, 6.07) is 0. The van der Waals surface area contributed by atoms with E-state index in [2.05, 4.69) is 22.5 Å². The Morgan fingerprint density at radius 1 is 1.30 bits per heavy atom. The van der Waals surface area contributed by atoms with Gasteiger partial charge in [-0.15, -0.1) is 24.0 Å². The minimum absolute atomic E-state index is 0. The molecule has 0 spiro atoms. The van der Waals surface area contributed by atoms with Crippen LogP contribution in [0, 0.1) is 5.41 Å². The monoisotopic (exact) mass is 439 g/mol. The second kappa shape index (κ2) is 11.5. The van der Waals surface area contributed by atoms with Crippen molar-refractivity contribution in [2.24, 2.45) is 10.4 Å². The van der Waals surface area contributed by atoms with Gasteiger partial charge >= 0.3 is 0 Å².